The van der Waals surface area contributed by atoms with Crippen LogP contribution in [0.1, 0.15) is 47.8 Å². The molecule has 0 spiro atoms. The van der Waals surface area contributed by atoms with E-state index in [2.05, 4.69) is 22.3 Å². The number of carbonyl (C=O) groups is 1. The number of hydrogen-bond donors (Lipinski definition) is 5. The van der Waals surface area contributed by atoms with Gasteiger partial charge in [-0.1, -0.05) is 37.3 Å². The summed E-state index contributed by atoms with van der Waals surface area (Å²) in [5.74, 6) is -2.26. The molecule has 0 saturated heterocycles. The zero-order valence-corrected chi connectivity index (χ0v) is 24.1. The van der Waals surface area contributed by atoms with Crippen LogP contribution in [0.15, 0.2) is 71.6 Å². The van der Waals surface area contributed by atoms with Crippen molar-refractivity contribution in [2.45, 2.75) is 62.7 Å². The summed E-state index contributed by atoms with van der Waals surface area (Å²) in [5, 5.41) is 26.3. The Morgan fingerprint density at radius 1 is 0.951 bits per heavy atom. The van der Waals surface area contributed by atoms with Gasteiger partial charge in [0.05, 0.1) is 29.2 Å². The predicted octanol–water partition coefficient (Wildman–Crippen LogP) is 3.07. The molecule has 8 nitrogen and oxygen atoms in total. The van der Waals surface area contributed by atoms with Gasteiger partial charge in [-0.2, -0.15) is 0 Å². The zero-order valence-electron chi connectivity index (χ0n) is 23.3. The van der Waals surface area contributed by atoms with Crippen LogP contribution in [0.25, 0.3) is 0 Å². The van der Waals surface area contributed by atoms with Crippen molar-refractivity contribution in [3.05, 3.63) is 101 Å². The lowest BCUT2D eigenvalue weighted by atomic mass is 10.00. The van der Waals surface area contributed by atoms with Crippen LogP contribution in [0.5, 0.6) is 0 Å². The largest absolute Gasteiger partial charge is 0.394 e. The van der Waals surface area contributed by atoms with Crippen molar-refractivity contribution in [1.82, 2.24) is 15.4 Å². The van der Waals surface area contributed by atoms with Crippen LogP contribution in [0, 0.1) is 11.6 Å². The molecule has 41 heavy (non-hydrogen) atoms. The fourth-order valence-corrected chi connectivity index (χ4v) is 5.69. The van der Waals surface area contributed by atoms with Crippen LogP contribution in [0.3, 0.4) is 0 Å². The topological polar surface area (TPSA) is 128 Å². The summed E-state index contributed by atoms with van der Waals surface area (Å²) in [6, 6.07) is 15.3. The van der Waals surface area contributed by atoms with Gasteiger partial charge < -0.3 is 20.8 Å². The first-order valence-electron chi connectivity index (χ1n) is 13.3. The highest BCUT2D eigenvalue weighted by molar-refractivity contribution is 7.89. The molecule has 5 N–H and O–H groups in total. The first-order valence-corrected chi connectivity index (χ1v) is 14.8. The molecule has 3 aromatic carbocycles. The van der Waals surface area contributed by atoms with Gasteiger partial charge in [0, 0.05) is 24.7 Å². The van der Waals surface area contributed by atoms with E-state index < -0.39 is 51.9 Å². The van der Waals surface area contributed by atoms with Crippen LogP contribution in [-0.2, 0) is 29.4 Å². The average Bonchev–Trinajstić information content (AvgIpc) is 2.91. The molecule has 0 aliphatic carbocycles. The quantitative estimate of drug-likeness (QED) is 0.197. The van der Waals surface area contributed by atoms with E-state index in [0.29, 0.717) is 6.54 Å². The Hall–Kier alpha value is -3.22. The summed E-state index contributed by atoms with van der Waals surface area (Å²) >= 11 is 0. The molecular formula is C30H37F2N3O5S. The van der Waals surface area contributed by atoms with Gasteiger partial charge in [0.25, 0.3) is 5.91 Å². The molecule has 3 aromatic rings. The number of nitrogens with one attached hydrogen (secondary N) is 3. The van der Waals surface area contributed by atoms with Gasteiger partial charge in [0.2, 0.25) is 10.0 Å². The second kappa shape index (κ2) is 14.1. The molecule has 0 aromatic heterocycles. The molecule has 0 fully saturated rings. The summed E-state index contributed by atoms with van der Waals surface area (Å²) in [5.41, 5.74) is 1.29. The molecule has 222 valence electrons. The molecule has 0 aliphatic rings. The number of halogens is 2. The Morgan fingerprint density at radius 2 is 1.61 bits per heavy atom. The van der Waals surface area contributed by atoms with Crippen LogP contribution in [-0.4, -0.2) is 55.4 Å². The summed E-state index contributed by atoms with van der Waals surface area (Å²) in [6.45, 7) is 5.15. The number of amides is 1. The molecule has 0 saturated carbocycles. The van der Waals surface area contributed by atoms with E-state index in [1.807, 2.05) is 24.3 Å². The van der Waals surface area contributed by atoms with Crippen LogP contribution in [0.4, 0.5) is 8.78 Å². The molecular weight excluding hydrogens is 552 g/mol. The zero-order chi connectivity index (χ0) is 30.2. The molecule has 0 unspecified atom stereocenters. The van der Waals surface area contributed by atoms with Crippen molar-refractivity contribution in [2.24, 2.45) is 0 Å². The molecule has 0 radical (unpaired) electrons. The fraction of sp³-hybridized carbons (Fsp3) is 0.367. The van der Waals surface area contributed by atoms with E-state index in [1.165, 1.54) is 43.7 Å². The minimum atomic E-state index is -4.07. The van der Waals surface area contributed by atoms with Crippen molar-refractivity contribution in [3.8, 4) is 0 Å². The maximum atomic E-state index is 13.9. The highest BCUT2D eigenvalue weighted by Crippen LogP contribution is 2.17. The van der Waals surface area contributed by atoms with Crippen molar-refractivity contribution in [1.29, 1.82) is 0 Å². The number of carbonyl (C=O) groups excluding carboxylic acids is 1. The monoisotopic (exact) mass is 589 g/mol. The lowest BCUT2D eigenvalue weighted by Crippen LogP contribution is -2.48. The van der Waals surface area contributed by atoms with Crippen molar-refractivity contribution >= 4 is 15.9 Å². The van der Waals surface area contributed by atoms with E-state index in [4.69, 9.17) is 0 Å². The minimum absolute atomic E-state index is 0.00152. The van der Waals surface area contributed by atoms with Crippen molar-refractivity contribution in [3.63, 3.8) is 0 Å². The normalized spacial score (nSPS) is 13.5. The Bertz CT molecular complexity index is 1430. The highest BCUT2D eigenvalue weighted by Gasteiger charge is 2.27. The van der Waals surface area contributed by atoms with Gasteiger partial charge in [-0.05, 0) is 73.7 Å². The molecule has 0 heterocycles. The Balaban J connectivity index is 1.79. The number of sulfonamides is 1. The van der Waals surface area contributed by atoms with E-state index in [0.717, 1.165) is 30.2 Å². The van der Waals surface area contributed by atoms with E-state index in [-0.39, 0.29) is 29.0 Å². The van der Waals surface area contributed by atoms with Crippen molar-refractivity contribution < 1.29 is 32.2 Å². The Labute approximate surface area is 239 Å². The number of aliphatic hydroxyl groups excluding tert-OH is 2. The number of hydrogen-bond acceptors (Lipinski definition) is 6. The minimum Gasteiger partial charge on any atom is -0.394 e. The molecule has 2 atom stereocenters. The molecule has 0 bridgehead atoms. The van der Waals surface area contributed by atoms with Gasteiger partial charge >= 0.3 is 0 Å². The number of aliphatic hydroxyl groups is 2. The SMILES string of the molecule is CCc1cccc(CNC[C@@H](O)[C@H](Cc2cc(F)cc(F)c2)NC(=O)c2cccc(S(=O)(=O)NC(C)(C)CO)c2)c1. The van der Waals surface area contributed by atoms with Gasteiger partial charge in [0.1, 0.15) is 11.6 Å². The summed E-state index contributed by atoms with van der Waals surface area (Å²) in [4.78, 5) is 13.0. The predicted molar refractivity (Wildman–Crippen MR) is 153 cm³/mol. The van der Waals surface area contributed by atoms with Gasteiger partial charge in [-0.15, -0.1) is 0 Å². The molecule has 1 amide bonds. The highest BCUT2D eigenvalue weighted by atomic mass is 32.2. The van der Waals surface area contributed by atoms with E-state index in [1.54, 1.807) is 0 Å². The molecule has 11 heteroatoms. The number of aryl methyl sites for hydroxylation is 1. The third-order valence-corrected chi connectivity index (χ3v) is 8.15. The van der Waals surface area contributed by atoms with E-state index >= 15 is 0 Å². The summed E-state index contributed by atoms with van der Waals surface area (Å²) < 4.78 is 55.8. The van der Waals surface area contributed by atoms with Gasteiger partial charge in [-0.25, -0.2) is 21.9 Å². The number of benzene rings is 3. The second-order valence-corrected chi connectivity index (χ2v) is 12.3. The molecule has 3 rings (SSSR count). The maximum absolute atomic E-state index is 13.9. The first kappa shape index (κ1) is 32.3. The Morgan fingerprint density at radius 3 is 2.27 bits per heavy atom. The van der Waals surface area contributed by atoms with E-state index in [9.17, 15) is 32.2 Å². The van der Waals surface area contributed by atoms with Gasteiger partial charge in [0.15, 0.2) is 0 Å². The second-order valence-electron chi connectivity index (χ2n) is 10.6. The number of rotatable bonds is 14. The first-order chi connectivity index (χ1) is 19.3. The standard InChI is InChI=1S/C30H37F2N3O5S/c1-4-20-7-5-8-21(11-20)17-33-18-28(37)27(14-22-12-24(31)16-25(32)13-22)34-29(38)23-9-6-10-26(15-23)41(39,40)35-30(2,3)19-36/h5-13,15-16,27-28,33,35-37H,4,14,17-19H2,1-3H3,(H,34,38)/t27-,28+/m0/s1. The lowest BCUT2D eigenvalue weighted by molar-refractivity contribution is 0.0829. The smallest absolute Gasteiger partial charge is 0.251 e. The van der Waals surface area contributed by atoms with Crippen LogP contribution >= 0.6 is 0 Å². The maximum Gasteiger partial charge on any atom is 0.251 e. The van der Waals surface area contributed by atoms with Crippen LogP contribution in [0.2, 0.25) is 0 Å². The average molecular weight is 590 g/mol. The fourth-order valence-electron chi connectivity index (χ4n) is 4.24. The van der Waals surface area contributed by atoms with Gasteiger partial charge in [-0.3, -0.25) is 4.79 Å². The van der Waals surface area contributed by atoms with Crippen LogP contribution < -0.4 is 15.4 Å². The Kier molecular flexibility index (Phi) is 11.1. The summed E-state index contributed by atoms with van der Waals surface area (Å²) in [7, 11) is -4.07. The third-order valence-electron chi connectivity index (χ3n) is 6.45. The molecule has 0 aliphatic heterocycles. The van der Waals surface area contributed by atoms with Crippen molar-refractivity contribution in [2.75, 3.05) is 13.2 Å². The third kappa shape index (κ3) is 9.68. The summed E-state index contributed by atoms with van der Waals surface area (Å²) in [6.07, 6.45) is -0.357. The lowest BCUT2D eigenvalue weighted by Gasteiger charge is -2.25.